The third-order valence-corrected chi connectivity index (χ3v) is 4.29. The summed E-state index contributed by atoms with van der Waals surface area (Å²) in [6, 6.07) is 14.9. The summed E-state index contributed by atoms with van der Waals surface area (Å²) in [7, 11) is 0. The summed E-state index contributed by atoms with van der Waals surface area (Å²) in [4.78, 5) is 25.2. The number of carbonyl (C=O) groups is 1. The number of nitrogens with zero attached hydrogens (tertiary/aromatic N) is 4. The minimum atomic E-state index is -0.118. The van der Waals surface area contributed by atoms with E-state index in [0.29, 0.717) is 47.6 Å². The number of para-hydroxylation sites is 1. The number of pyridine rings is 1. The predicted octanol–water partition coefficient (Wildman–Crippen LogP) is 2.84. The minimum Gasteiger partial charge on any atom is -0.368 e. The molecule has 30 heavy (non-hydrogen) atoms. The molecule has 0 radical (unpaired) electrons. The van der Waals surface area contributed by atoms with Gasteiger partial charge >= 0.3 is 0 Å². The van der Waals surface area contributed by atoms with Gasteiger partial charge < -0.3 is 20.5 Å². The molecule has 0 unspecified atom stereocenters. The van der Waals surface area contributed by atoms with Gasteiger partial charge in [0.05, 0.1) is 6.42 Å². The number of rotatable bonds is 8. The molecule has 152 valence electrons. The second-order valence-electron chi connectivity index (χ2n) is 6.60. The van der Waals surface area contributed by atoms with E-state index >= 15 is 0 Å². The zero-order chi connectivity index (χ0) is 20.8. The average molecular weight is 403 g/mol. The molecule has 0 aliphatic heterocycles. The van der Waals surface area contributed by atoms with E-state index in [1.807, 2.05) is 49.4 Å². The quantitative estimate of drug-likeness (QED) is 0.384. The molecule has 0 saturated carbocycles. The first kappa shape index (κ1) is 19.3. The Kier molecular flexibility index (Phi) is 5.79. The summed E-state index contributed by atoms with van der Waals surface area (Å²) in [6.07, 6.45) is 1.88. The normalized spacial score (nSPS) is 10.7. The Bertz CT molecular complexity index is 1140. The summed E-state index contributed by atoms with van der Waals surface area (Å²) in [5.41, 5.74) is 1.31. The Morgan fingerprint density at radius 2 is 1.83 bits per heavy atom. The van der Waals surface area contributed by atoms with Gasteiger partial charge in [0.2, 0.25) is 5.91 Å². The van der Waals surface area contributed by atoms with Crippen LogP contribution in [-0.4, -0.2) is 39.1 Å². The molecule has 1 amide bonds. The molecule has 3 N–H and O–H groups in total. The number of aryl methyl sites for hydroxylation is 1. The Balaban J connectivity index is 1.27. The molecular weight excluding hydrogens is 382 g/mol. The fraction of sp³-hybridized carbons (Fsp3) is 0.190. The molecule has 1 aromatic carbocycles. The zero-order valence-electron chi connectivity index (χ0n) is 16.4. The lowest BCUT2D eigenvalue weighted by atomic mass is 10.1. The third kappa shape index (κ3) is 4.88. The van der Waals surface area contributed by atoms with Crippen LogP contribution in [0, 0.1) is 6.92 Å². The number of hydrogen-bond acceptors (Lipinski definition) is 8. The second kappa shape index (κ2) is 8.99. The molecule has 0 bridgehead atoms. The van der Waals surface area contributed by atoms with Crippen LogP contribution >= 0.6 is 0 Å². The van der Waals surface area contributed by atoms with Crippen molar-refractivity contribution in [3.05, 3.63) is 66.2 Å². The molecule has 3 aromatic heterocycles. The molecule has 3 heterocycles. The van der Waals surface area contributed by atoms with E-state index in [1.54, 1.807) is 12.3 Å². The van der Waals surface area contributed by atoms with E-state index < -0.39 is 0 Å². The molecule has 9 heteroatoms. The van der Waals surface area contributed by atoms with E-state index in [-0.39, 0.29) is 12.3 Å². The molecule has 0 atom stereocenters. The highest BCUT2D eigenvalue weighted by atomic mass is 16.5. The maximum atomic E-state index is 12.2. The first-order valence-corrected chi connectivity index (χ1v) is 9.55. The Hall–Kier alpha value is -4.01. The van der Waals surface area contributed by atoms with Crippen LogP contribution in [0.5, 0.6) is 0 Å². The van der Waals surface area contributed by atoms with Gasteiger partial charge in [0.15, 0.2) is 5.58 Å². The molecule has 4 aromatic rings. The van der Waals surface area contributed by atoms with Gasteiger partial charge in [0, 0.05) is 30.7 Å². The molecule has 0 fully saturated rings. The average Bonchev–Trinajstić information content (AvgIpc) is 3.14. The standard InChI is InChI=1S/C21H21N7O2/c1-14-25-19(13-20(26-14)27-18-8-4-5-9-22-18)23-10-11-24-21(29)12-16-15-6-2-3-7-17(15)30-28-16/h2-9,13H,10-12H2,1H3,(H,24,29)(H2,22,23,25,26,27). The van der Waals surface area contributed by atoms with Crippen molar-refractivity contribution in [1.82, 2.24) is 25.4 Å². The second-order valence-corrected chi connectivity index (χ2v) is 6.60. The minimum absolute atomic E-state index is 0.118. The first-order chi connectivity index (χ1) is 14.7. The predicted molar refractivity (Wildman–Crippen MR) is 114 cm³/mol. The summed E-state index contributed by atoms with van der Waals surface area (Å²) in [6.45, 7) is 2.78. The van der Waals surface area contributed by atoms with Crippen molar-refractivity contribution in [2.24, 2.45) is 0 Å². The highest BCUT2D eigenvalue weighted by molar-refractivity contribution is 5.86. The van der Waals surface area contributed by atoms with Crippen molar-refractivity contribution < 1.29 is 9.32 Å². The van der Waals surface area contributed by atoms with E-state index in [0.717, 1.165) is 5.39 Å². The summed E-state index contributed by atoms with van der Waals surface area (Å²) >= 11 is 0. The number of aromatic nitrogens is 4. The number of anilines is 3. The van der Waals surface area contributed by atoms with Gasteiger partial charge in [0.1, 0.15) is 29.0 Å². The SMILES string of the molecule is Cc1nc(NCCNC(=O)Cc2noc3ccccc23)cc(Nc2ccccn2)n1. The van der Waals surface area contributed by atoms with Crippen molar-refractivity contribution in [3.63, 3.8) is 0 Å². The monoisotopic (exact) mass is 403 g/mol. The maximum Gasteiger partial charge on any atom is 0.226 e. The number of carbonyl (C=O) groups excluding carboxylic acids is 1. The smallest absolute Gasteiger partial charge is 0.226 e. The summed E-state index contributed by atoms with van der Waals surface area (Å²) in [5.74, 6) is 2.52. The highest BCUT2D eigenvalue weighted by Crippen LogP contribution is 2.18. The van der Waals surface area contributed by atoms with Crippen molar-refractivity contribution in [2.45, 2.75) is 13.3 Å². The summed E-state index contributed by atoms with van der Waals surface area (Å²) in [5, 5.41) is 14.1. The lowest BCUT2D eigenvalue weighted by Crippen LogP contribution is -2.30. The van der Waals surface area contributed by atoms with Crippen LogP contribution in [0.3, 0.4) is 0 Å². The maximum absolute atomic E-state index is 12.2. The highest BCUT2D eigenvalue weighted by Gasteiger charge is 2.11. The largest absolute Gasteiger partial charge is 0.368 e. The van der Waals surface area contributed by atoms with Crippen LogP contribution in [0.1, 0.15) is 11.5 Å². The number of nitrogens with one attached hydrogen (secondary N) is 3. The van der Waals surface area contributed by atoms with Crippen molar-refractivity contribution in [2.75, 3.05) is 23.7 Å². The molecule has 4 rings (SSSR count). The first-order valence-electron chi connectivity index (χ1n) is 9.55. The van der Waals surface area contributed by atoms with Gasteiger partial charge in [-0.1, -0.05) is 23.4 Å². The van der Waals surface area contributed by atoms with Crippen LogP contribution in [0.15, 0.2) is 59.3 Å². The van der Waals surface area contributed by atoms with Gasteiger partial charge in [-0.05, 0) is 31.2 Å². The number of fused-ring (bicyclic) bond motifs is 1. The van der Waals surface area contributed by atoms with Crippen LogP contribution in [0.2, 0.25) is 0 Å². The van der Waals surface area contributed by atoms with Crippen LogP contribution in [0.25, 0.3) is 11.0 Å². The Morgan fingerprint density at radius 1 is 1.00 bits per heavy atom. The van der Waals surface area contributed by atoms with Crippen LogP contribution < -0.4 is 16.0 Å². The van der Waals surface area contributed by atoms with Crippen molar-refractivity contribution in [1.29, 1.82) is 0 Å². The van der Waals surface area contributed by atoms with Gasteiger partial charge in [-0.3, -0.25) is 4.79 Å². The Labute approximate surface area is 172 Å². The van der Waals surface area contributed by atoms with Gasteiger partial charge in [-0.25, -0.2) is 15.0 Å². The van der Waals surface area contributed by atoms with Crippen LogP contribution in [0.4, 0.5) is 17.5 Å². The molecule has 0 aliphatic rings. The van der Waals surface area contributed by atoms with Crippen LogP contribution in [-0.2, 0) is 11.2 Å². The van der Waals surface area contributed by atoms with E-state index in [2.05, 4.69) is 36.1 Å². The number of hydrogen-bond donors (Lipinski definition) is 3. The van der Waals surface area contributed by atoms with Gasteiger partial charge in [-0.2, -0.15) is 0 Å². The lowest BCUT2D eigenvalue weighted by molar-refractivity contribution is -0.120. The Morgan fingerprint density at radius 3 is 2.70 bits per heavy atom. The van der Waals surface area contributed by atoms with E-state index in [9.17, 15) is 4.79 Å². The van der Waals surface area contributed by atoms with Crippen molar-refractivity contribution in [3.8, 4) is 0 Å². The number of amides is 1. The lowest BCUT2D eigenvalue weighted by Gasteiger charge is -2.10. The van der Waals surface area contributed by atoms with Gasteiger partial charge in [-0.15, -0.1) is 0 Å². The van der Waals surface area contributed by atoms with E-state index in [4.69, 9.17) is 4.52 Å². The fourth-order valence-corrected chi connectivity index (χ4v) is 2.96. The molecule has 0 aliphatic carbocycles. The molecule has 0 saturated heterocycles. The molecule has 0 spiro atoms. The molecule has 9 nitrogen and oxygen atoms in total. The summed E-state index contributed by atoms with van der Waals surface area (Å²) < 4.78 is 5.23. The fourth-order valence-electron chi connectivity index (χ4n) is 2.96. The number of benzene rings is 1. The zero-order valence-corrected chi connectivity index (χ0v) is 16.4. The molecular formula is C21H21N7O2. The van der Waals surface area contributed by atoms with E-state index in [1.165, 1.54) is 0 Å². The topological polar surface area (TPSA) is 118 Å². The van der Waals surface area contributed by atoms with Gasteiger partial charge in [0.25, 0.3) is 0 Å². The third-order valence-electron chi connectivity index (χ3n) is 4.29. The van der Waals surface area contributed by atoms with Crippen molar-refractivity contribution >= 4 is 34.3 Å².